The summed E-state index contributed by atoms with van der Waals surface area (Å²) in [5, 5.41) is 9.06. The van der Waals surface area contributed by atoms with Gasteiger partial charge in [0.1, 0.15) is 0 Å². The first kappa shape index (κ1) is 15.8. The lowest BCUT2D eigenvalue weighted by molar-refractivity contribution is -0.136. The molecule has 0 aromatic rings. The fraction of sp³-hybridized carbons (Fsp3) is 0.938. The van der Waals surface area contributed by atoms with Gasteiger partial charge in [0, 0.05) is 25.7 Å². The molecule has 0 aromatic carbocycles. The molecule has 2 unspecified atom stereocenters. The molecule has 4 nitrogen and oxygen atoms in total. The van der Waals surface area contributed by atoms with E-state index in [0.717, 1.165) is 45.3 Å². The minimum Gasteiger partial charge on any atom is -0.396 e. The van der Waals surface area contributed by atoms with Gasteiger partial charge < -0.3 is 10.0 Å². The molecule has 0 spiro atoms. The molecule has 2 aliphatic rings. The third-order valence-corrected chi connectivity index (χ3v) is 4.92. The van der Waals surface area contributed by atoms with Crippen molar-refractivity contribution < 1.29 is 9.90 Å². The Labute approximate surface area is 123 Å². The maximum Gasteiger partial charge on any atom is 0.236 e. The van der Waals surface area contributed by atoms with Gasteiger partial charge in [-0.05, 0) is 57.4 Å². The highest BCUT2D eigenvalue weighted by Crippen LogP contribution is 2.22. The van der Waals surface area contributed by atoms with Gasteiger partial charge in [0.15, 0.2) is 0 Å². The molecule has 4 heteroatoms. The highest BCUT2D eigenvalue weighted by molar-refractivity contribution is 5.78. The van der Waals surface area contributed by atoms with Crippen LogP contribution in [-0.4, -0.2) is 59.6 Å². The number of rotatable bonds is 5. The average molecular weight is 282 g/mol. The third kappa shape index (κ3) is 4.19. The lowest BCUT2D eigenvalue weighted by atomic mass is 9.95. The number of carbonyl (C=O) groups excluding carboxylic acids is 1. The molecule has 2 aliphatic heterocycles. The van der Waals surface area contributed by atoms with Crippen molar-refractivity contribution >= 4 is 5.91 Å². The van der Waals surface area contributed by atoms with Crippen LogP contribution >= 0.6 is 0 Å². The van der Waals surface area contributed by atoms with Crippen molar-refractivity contribution in [1.29, 1.82) is 0 Å². The van der Waals surface area contributed by atoms with Crippen LogP contribution < -0.4 is 0 Å². The molecule has 2 rings (SSSR count). The van der Waals surface area contributed by atoms with E-state index >= 15 is 0 Å². The van der Waals surface area contributed by atoms with E-state index in [1.54, 1.807) is 0 Å². The van der Waals surface area contributed by atoms with Crippen molar-refractivity contribution in [2.45, 2.75) is 57.9 Å². The number of hydrogen-bond acceptors (Lipinski definition) is 3. The maximum absolute atomic E-state index is 12.5. The van der Waals surface area contributed by atoms with E-state index in [0.29, 0.717) is 24.4 Å². The number of aliphatic hydroxyl groups excluding tert-OH is 1. The Morgan fingerprint density at radius 3 is 2.80 bits per heavy atom. The molecular weight excluding hydrogens is 252 g/mol. The minimum atomic E-state index is 0.274. The van der Waals surface area contributed by atoms with Gasteiger partial charge in [-0.25, -0.2) is 0 Å². The van der Waals surface area contributed by atoms with Crippen LogP contribution in [0.4, 0.5) is 0 Å². The van der Waals surface area contributed by atoms with Gasteiger partial charge in [-0.1, -0.05) is 6.92 Å². The van der Waals surface area contributed by atoms with Gasteiger partial charge in [-0.2, -0.15) is 0 Å². The summed E-state index contributed by atoms with van der Waals surface area (Å²) < 4.78 is 0. The van der Waals surface area contributed by atoms with Crippen LogP contribution in [0.1, 0.15) is 51.9 Å². The van der Waals surface area contributed by atoms with Gasteiger partial charge in [0.25, 0.3) is 0 Å². The van der Waals surface area contributed by atoms with Crippen LogP contribution in [0, 0.1) is 5.92 Å². The molecule has 2 heterocycles. The van der Waals surface area contributed by atoms with Gasteiger partial charge in [0.05, 0.1) is 6.54 Å². The lowest BCUT2D eigenvalue weighted by Crippen LogP contribution is -2.49. The van der Waals surface area contributed by atoms with E-state index in [1.165, 1.54) is 19.3 Å². The Balaban J connectivity index is 1.83. The number of carbonyl (C=O) groups is 1. The largest absolute Gasteiger partial charge is 0.396 e. The van der Waals surface area contributed by atoms with E-state index in [2.05, 4.69) is 16.7 Å². The first-order valence-corrected chi connectivity index (χ1v) is 8.37. The monoisotopic (exact) mass is 282 g/mol. The first-order chi connectivity index (χ1) is 9.74. The van der Waals surface area contributed by atoms with Crippen molar-refractivity contribution in [1.82, 2.24) is 9.80 Å². The van der Waals surface area contributed by atoms with E-state index in [4.69, 9.17) is 5.11 Å². The first-order valence-electron chi connectivity index (χ1n) is 8.37. The number of nitrogens with zero attached hydrogens (tertiary/aromatic N) is 2. The normalized spacial score (nSPS) is 28.6. The van der Waals surface area contributed by atoms with Gasteiger partial charge in [0.2, 0.25) is 5.91 Å². The van der Waals surface area contributed by atoms with Crippen LogP contribution in [0.3, 0.4) is 0 Å². The zero-order valence-corrected chi connectivity index (χ0v) is 12.9. The highest BCUT2D eigenvalue weighted by atomic mass is 16.3. The predicted molar refractivity (Wildman–Crippen MR) is 80.5 cm³/mol. The fourth-order valence-corrected chi connectivity index (χ4v) is 3.75. The summed E-state index contributed by atoms with van der Waals surface area (Å²) in [5.41, 5.74) is 0. The highest BCUT2D eigenvalue weighted by Gasteiger charge is 2.28. The Morgan fingerprint density at radius 1 is 1.20 bits per heavy atom. The number of hydrogen-bond donors (Lipinski definition) is 1. The number of likely N-dealkylation sites (tertiary alicyclic amines) is 2. The summed E-state index contributed by atoms with van der Waals surface area (Å²) >= 11 is 0. The predicted octanol–water partition coefficient (Wildman–Crippen LogP) is 1.87. The molecule has 2 atom stereocenters. The lowest BCUT2D eigenvalue weighted by Gasteiger charge is -2.38. The summed E-state index contributed by atoms with van der Waals surface area (Å²) in [4.78, 5) is 17.0. The smallest absolute Gasteiger partial charge is 0.236 e. The van der Waals surface area contributed by atoms with Crippen molar-refractivity contribution in [2.75, 3.05) is 32.8 Å². The van der Waals surface area contributed by atoms with Crippen molar-refractivity contribution in [2.24, 2.45) is 5.92 Å². The third-order valence-electron chi connectivity index (χ3n) is 4.92. The maximum atomic E-state index is 12.5. The molecule has 1 N–H and O–H groups in total. The minimum absolute atomic E-state index is 0.274. The average Bonchev–Trinajstić information content (AvgIpc) is 2.48. The quantitative estimate of drug-likeness (QED) is 0.837. The molecular formula is C16H30N2O2. The molecule has 0 aromatic heterocycles. The summed E-state index contributed by atoms with van der Waals surface area (Å²) in [6, 6.07) is 0.467. The Kier molecular flexibility index (Phi) is 6.30. The second kappa shape index (κ2) is 7.99. The molecule has 20 heavy (non-hydrogen) atoms. The van der Waals surface area contributed by atoms with Crippen LogP contribution in [0.15, 0.2) is 0 Å². The topological polar surface area (TPSA) is 43.8 Å². The molecule has 1 amide bonds. The van der Waals surface area contributed by atoms with E-state index < -0.39 is 0 Å². The summed E-state index contributed by atoms with van der Waals surface area (Å²) in [6.45, 7) is 6.02. The molecule has 2 fully saturated rings. The Hall–Kier alpha value is -0.610. The van der Waals surface area contributed by atoms with Crippen molar-refractivity contribution in [3.63, 3.8) is 0 Å². The fourth-order valence-electron chi connectivity index (χ4n) is 3.75. The Morgan fingerprint density at radius 2 is 2.05 bits per heavy atom. The summed E-state index contributed by atoms with van der Waals surface area (Å²) in [7, 11) is 0. The number of aliphatic hydroxyl groups is 1. The van der Waals surface area contributed by atoms with Gasteiger partial charge in [-0.3, -0.25) is 9.69 Å². The van der Waals surface area contributed by atoms with Gasteiger partial charge in [-0.15, -0.1) is 0 Å². The van der Waals surface area contributed by atoms with Crippen LogP contribution in [0.25, 0.3) is 0 Å². The molecule has 0 bridgehead atoms. The van der Waals surface area contributed by atoms with Crippen LogP contribution in [0.2, 0.25) is 0 Å². The SMILES string of the molecule is CCC1CCCCN1C(=O)CN1CCCC(CCO)C1. The Bertz CT molecular complexity index is 307. The number of amides is 1. The summed E-state index contributed by atoms with van der Waals surface area (Å²) in [5.74, 6) is 0.895. The van der Waals surface area contributed by atoms with Crippen LogP contribution in [0.5, 0.6) is 0 Å². The van der Waals surface area contributed by atoms with Crippen molar-refractivity contribution in [3.05, 3.63) is 0 Å². The zero-order chi connectivity index (χ0) is 14.4. The second-order valence-electron chi connectivity index (χ2n) is 6.40. The van der Waals surface area contributed by atoms with Crippen LogP contribution in [-0.2, 0) is 4.79 Å². The molecule has 116 valence electrons. The van der Waals surface area contributed by atoms with Gasteiger partial charge >= 0.3 is 0 Å². The standard InChI is InChI=1S/C16H30N2O2/c1-2-15-7-3-4-10-18(15)16(20)13-17-9-5-6-14(12-17)8-11-19/h14-15,19H,2-13H2,1H3. The molecule has 0 saturated carbocycles. The molecule has 0 radical (unpaired) electrons. The van der Waals surface area contributed by atoms with E-state index in [1.807, 2.05) is 0 Å². The number of piperidine rings is 2. The molecule has 0 aliphatic carbocycles. The zero-order valence-electron chi connectivity index (χ0n) is 12.9. The van der Waals surface area contributed by atoms with Crippen molar-refractivity contribution in [3.8, 4) is 0 Å². The van der Waals surface area contributed by atoms with E-state index in [-0.39, 0.29) is 6.61 Å². The second-order valence-corrected chi connectivity index (χ2v) is 6.40. The van der Waals surface area contributed by atoms with E-state index in [9.17, 15) is 4.79 Å². The summed E-state index contributed by atoms with van der Waals surface area (Å²) in [6.07, 6.45) is 7.93. The molecule has 2 saturated heterocycles.